The van der Waals surface area contributed by atoms with Gasteiger partial charge in [0.1, 0.15) is 0 Å². The van der Waals surface area contributed by atoms with E-state index < -0.39 is 0 Å². The summed E-state index contributed by atoms with van der Waals surface area (Å²) >= 11 is 0. The van der Waals surface area contributed by atoms with Crippen molar-refractivity contribution in [3.63, 3.8) is 0 Å². The normalized spacial score (nSPS) is 30.3. The summed E-state index contributed by atoms with van der Waals surface area (Å²) in [6.45, 7) is 1.59. The van der Waals surface area contributed by atoms with Crippen molar-refractivity contribution in [2.24, 2.45) is 5.92 Å². The lowest BCUT2D eigenvalue weighted by atomic mass is 9.90. The van der Waals surface area contributed by atoms with Gasteiger partial charge >= 0.3 is 0 Å². The molecule has 0 aromatic heterocycles. The molecule has 3 unspecified atom stereocenters. The topological polar surface area (TPSA) is 21.8 Å². The Hall–Kier alpha value is -1.12. The Bertz CT molecular complexity index is 399. The summed E-state index contributed by atoms with van der Waals surface area (Å²) in [6.07, 6.45) is 9.07. The lowest BCUT2D eigenvalue weighted by Crippen LogP contribution is -2.18. The van der Waals surface area contributed by atoms with E-state index in [1.54, 1.807) is 0 Å². The van der Waals surface area contributed by atoms with Crippen molar-refractivity contribution < 1.29 is 9.47 Å². The molecular formula is C16H20O2. The average Bonchev–Trinajstić information content (AvgIpc) is 3.18. The van der Waals surface area contributed by atoms with Gasteiger partial charge in [0.25, 0.3) is 0 Å². The number of rotatable bonds is 5. The van der Waals surface area contributed by atoms with E-state index >= 15 is 0 Å². The minimum atomic E-state index is 0.562. The summed E-state index contributed by atoms with van der Waals surface area (Å²) in [7, 11) is 0. The van der Waals surface area contributed by atoms with Gasteiger partial charge in [0.15, 0.2) is 0 Å². The second-order valence-electron chi connectivity index (χ2n) is 5.24. The van der Waals surface area contributed by atoms with Gasteiger partial charge in [-0.2, -0.15) is 0 Å². The van der Waals surface area contributed by atoms with Gasteiger partial charge in [-0.25, -0.2) is 0 Å². The number of benzene rings is 1. The first-order valence-corrected chi connectivity index (χ1v) is 6.86. The van der Waals surface area contributed by atoms with Crippen molar-refractivity contribution in [1.82, 2.24) is 0 Å². The Balaban J connectivity index is 1.34. The molecule has 0 bridgehead atoms. The molecule has 1 aliphatic carbocycles. The Morgan fingerprint density at radius 3 is 2.89 bits per heavy atom. The predicted molar refractivity (Wildman–Crippen MR) is 72.3 cm³/mol. The Morgan fingerprint density at radius 2 is 2.06 bits per heavy atom. The molecule has 1 aromatic carbocycles. The molecule has 1 aromatic rings. The molecule has 3 rings (SSSR count). The maximum absolute atomic E-state index is 5.72. The molecule has 2 nitrogen and oxygen atoms in total. The van der Waals surface area contributed by atoms with Gasteiger partial charge in [-0.15, -0.1) is 0 Å². The van der Waals surface area contributed by atoms with Crippen LogP contribution in [0.15, 0.2) is 36.4 Å². The van der Waals surface area contributed by atoms with E-state index in [0.717, 1.165) is 6.61 Å². The molecule has 1 saturated heterocycles. The van der Waals surface area contributed by atoms with Crippen molar-refractivity contribution in [3.8, 4) is 0 Å². The van der Waals surface area contributed by atoms with Gasteiger partial charge in [-0.3, -0.25) is 0 Å². The van der Waals surface area contributed by atoms with Gasteiger partial charge < -0.3 is 9.47 Å². The number of epoxide rings is 1. The van der Waals surface area contributed by atoms with Crippen LogP contribution in [0.25, 0.3) is 6.08 Å². The van der Waals surface area contributed by atoms with Crippen molar-refractivity contribution in [2.45, 2.75) is 31.5 Å². The third-order valence-corrected chi connectivity index (χ3v) is 3.79. The van der Waals surface area contributed by atoms with Crippen LogP contribution in [0.3, 0.4) is 0 Å². The molecule has 3 atom stereocenters. The molecule has 96 valence electrons. The minimum absolute atomic E-state index is 0.562. The summed E-state index contributed by atoms with van der Waals surface area (Å²) in [4.78, 5) is 0. The second-order valence-corrected chi connectivity index (χ2v) is 5.24. The van der Waals surface area contributed by atoms with Crippen LogP contribution in [0.5, 0.6) is 0 Å². The first kappa shape index (κ1) is 11.9. The van der Waals surface area contributed by atoms with Crippen LogP contribution in [0.1, 0.15) is 24.8 Å². The van der Waals surface area contributed by atoms with Crippen LogP contribution < -0.4 is 0 Å². The fourth-order valence-electron chi connectivity index (χ4n) is 2.69. The van der Waals surface area contributed by atoms with Crippen LogP contribution >= 0.6 is 0 Å². The summed E-state index contributed by atoms with van der Waals surface area (Å²) in [6, 6.07) is 10.3. The Morgan fingerprint density at radius 1 is 1.17 bits per heavy atom. The SMILES string of the molecule is C(=Cc1ccccc1)COCC1CCC2OC2C1. The zero-order valence-electron chi connectivity index (χ0n) is 10.6. The number of hydrogen-bond donors (Lipinski definition) is 0. The molecule has 2 aliphatic rings. The molecule has 2 fully saturated rings. The van der Waals surface area contributed by atoms with Gasteiger partial charge in [-0.05, 0) is 30.7 Å². The van der Waals surface area contributed by atoms with E-state index in [4.69, 9.17) is 9.47 Å². The fraction of sp³-hybridized carbons (Fsp3) is 0.500. The smallest absolute Gasteiger partial charge is 0.0845 e. The minimum Gasteiger partial charge on any atom is -0.377 e. The van der Waals surface area contributed by atoms with Crippen molar-refractivity contribution in [1.29, 1.82) is 0 Å². The average molecular weight is 244 g/mol. The van der Waals surface area contributed by atoms with Crippen molar-refractivity contribution in [3.05, 3.63) is 42.0 Å². The van der Waals surface area contributed by atoms with Crippen LogP contribution in [0.4, 0.5) is 0 Å². The monoisotopic (exact) mass is 244 g/mol. The zero-order chi connectivity index (χ0) is 12.2. The summed E-state index contributed by atoms with van der Waals surface area (Å²) < 4.78 is 11.2. The number of ether oxygens (including phenoxy) is 2. The third-order valence-electron chi connectivity index (χ3n) is 3.79. The summed E-state index contributed by atoms with van der Waals surface area (Å²) in [5.41, 5.74) is 1.23. The standard InChI is InChI=1S/C16H20O2/c1-2-5-13(6-3-1)7-4-10-17-12-14-8-9-15-16(11-14)18-15/h1-7,14-16H,8-12H2. The van der Waals surface area contributed by atoms with E-state index in [2.05, 4.69) is 36.4 Å². The molecule has 1 saturated carbocycles. The largest absolute Gasteiger partial charge is 0.377 e. The lowest BCUT2D eigenvalue weighted by Gasteiger charge is -2.18. The van der Waals surface area contributed by atoms with E-state index in [1.807, 2.05) is 6.07 Å². The molecule has 0 amide bonds. The Labute approximate surface area is 109 Å². The highest BCUT2D eigenvalue weighted by molar-refractivity contribution is 5.48. The van der Waals surface area contributed by atoms with E-state index in [9.17, 15) is 0 Å². The van der Waals surface area contributed by atoms with E-state index in [0.29, 0.717) is 24.7 Å². The molecular weight excluding hydrogens is 224 g/mol. The summed E-state index contributed by atoms with van der Waals surface area (Å²) in [5, 5.41) is 0. The Kier molecular flexibility index (Phi) is 3.77. The van der Waals surface area contributed by atoms with Crippen molar-refractivity contribution >= 4 is 6.08 Å². The first-order valence-electron chi connectivity index (χ1n) is 6.86. The maximum Gasteiger partial charge on any atom is 0.0845 e. The van der Waals surface area contributed by atoms with Crippen LogP contribution in [0.2, 0.25) is 0 Å². The van der Waals surface area contributed by atoms with Crippen LogP contribution in [0, 0.1) is 5.92 Å². The molecule has 1 aliphatic heterocycles. The van der Waals surface area contributed by atoms with Gasteiger partial charge in [0, 0.05) is 6.61 Å². The van der Waals surface area contributed by atoms with Gasteiger partial charge in [0.2, 0.25) is 0 Å². The van der Waals surface area contributed by atoms with Gasteiger partial charge in [0.05, 0.1) is 18.8 Å². The fourth-order valence-corrected chi connectivity index (χ4v) is 2.69. The zero-order valence-corrected chi connectivity index (χ0v) is 10.6. The molecule has 2 heteroatoms. The molecule has 1 heterocycles. The van der Waals surface area contributed by atoms with Crippen LogP contribution in [-0.4, -0.2) is 25.4 Å². The van der Waals surface area contributed by atoms with E-state index in [-0.39, 0.29) is 0 Å². The predicted octanol–water partition coefficient (Wildman–Crippen LogP) is 3.28. The molecule has 0 radical (unpaired) electrons. The third kappa shape index (κ3) is 3.21. The van der Waals surface area contributed by atoms with Crippen molar-refractivity contribution in [2.75, 3.05) is 13.2 Å². The van der Waals surface area contributed by atoms with E-state index in [1.165, 1.54) is 24.8 Å². The van der Waals surface area contributed by atoms with Gasteiger partial charge in [-0.1, -0.05) is 42.5 Å². The van der Waals surface area contributed by atoms with Crippen LogP contribution in [-0.2, 0) is 9.47 Å². The quantitative estimate of drug-likeness (QED) is 0.585. The number of fused-ring (bicyclic) bond motifs is 1. The number of hydrogen-bond acceptors (Lipinski definition) is 2. The highest BCUT2D eigenvalue weighted by atomic mass is 16.6. The first-order chi connectivity index (χ1) is 8.92. The molecule has 0 N–H and O–H groups in total. The lowest BCUT2D eigenvalue weighted by molar-refractivity contribution is 0.109. The highest BCUT2D eigenvalue weighted by Crippen LogP contribution is 2.39. The highest BCUT2D eigenvalue weighted by Gasteiger charge is 2.43. The summed E-state index contributed by atoms with van der Waals surface area (Å²) in [5.74, 6) is 0.707. The molecule has 0 spiro atoms. The molecule has 18 heavy (non-hydrogen) atoms. The maximum atomic E-state index is 5.72. The second kappa shape index (κ2) is 5.68.